The Kier molecular flexibility index (Phi) is 4.69. The number of aliphatic carboxylic acids is 1. The van der Waals surface area contributed by atoms with Gasteiger partial charge in [-0.1, -0.05) is 0 Å². The van der Waals surface area contributed by atoms with Gasteiger partial charge in [0.25, 0.3) is 0 Å². The topological polar surface area (TPSA) is 79.2 Å². The first-order valence-corrected chi connectivity index (χ1v) is 6.82. The number of carboxylic acids is 1. The van der Waals surface area contributed by atoms with Crippen LogP contribution in [0.1, 0.15) is 17.5 Å². The molecular formula is C15H21NO5. The number of aryl methyl sites for hydroxylation is 1. The minimum atomic E-state index is -0.898. The highest BCUT2D eigenvalue weighted by molar-refractivity contribution is 5.74. The molecule has 116 valence electrons. The fraction of sp³-hybridized carbons (Fsp3) is 0.533. The van der Waals surface area contributed by atoms with E-state index in [1.165, 1.54) is 0 Å². The van der Waals surface area contributed by atoms with Crippen LogP contribution in [-0.4, -0.2) is 54.0 Å². The number of hydrogen-bond acceptors (Lipinski definition) is 5. The molecule has 1 aliphatic rings. The number of aliphatic hydroxyl groups excluding tert-OH is 1. The fourth-order valence-electron chi connectivity index (χ4n) is 2.72. The van der Waals surface area contributed by atoms with Gasteiger partial charge in [-0.15, -0.1) is 0 Å². The van der Waals surface area contributed by atoms with E-state index in [0.717, 1.165) is 11.1 Å². The average Bonchev–Trinajstić information content (AvgIpc) is 2.81. The zero-order valence-electron chi connectivity index (χ0n) is 12.5. The van der Waals surface area contributed by atoms with Crippen molar-refractivity contribution in [2.45, 2.75) is 32.0 Å². The Labute approximate surface area is 123 Å². The lowest BCUT2D eigenvalue weighted by Crippen LogP contribution is -2.35. The number of methoxy groups -OCH3 is 2. The van der Waals surface area contributed by atoms with Gasteiger partial charge in [0.2, 0.25) is 0 Å². The number of hydrogen-bond donors (Lipinski definition) is 2. The third-order valence-corrected chi connectivity index (χ3v) is 3.88. The largest absolute Gasteiger partial charge is 0.493 e. The molecule has 6 heteroatoms. The maximum Gasteiger partial charge on any atom is 0.321 e. The summed E-state index contributed by atoms with van der Waals surface area (Å²) in [6.07, 6.45) is -0.326. The Balaban J connectivity index is 2.24. The fourth-order valence-corrected chi connectivity index (χ4v) is 2.72. The van der Waals surface area contributed by atoms with E-state index in [1.807, 2.05) is 19.1 Å². The zero-order chi connectivity index (χ0) is 15.6. The second-order valence-corrected chi connectivity index (χ2v) is 5.31. The SMILES string of the molecule is COc1cc(C)c(CN2CC(O)CC2C(=O)O)cc1OC. The summed E-state index contributed by atoms with van der Waals surface area (Å²) in [5.74, 6) is 0.365. The highest BCUT2D eigenvalue weighted by Crippen LogP contribution is 2.32. The van der Waals surface area contributed by atoms with Crippen LogP contribution in [-0.2, 0) is 11.3 Å². The van der Waals surface area contributed by atoms with Crippen LogP contribution in [0.15, 0.2) is 12.1 Å². The second kappa shape index (κ2) is 6.32. The zero-order valence-corrected chi connectivity index (χ0v) is 12.5. The molecule has 0 aromatic heterocycles. The van der Waals surface area contributed by atoms with Crippen molar-refractivity contribution in [1.29, 1.82) is 0 Å². The van der Waals surface area contributed by atoms with E-state index in [9.17, 15) is 15.0 Å². The summed E-state index contributed by atoms with van der Waals surface area (Å²) >= 11 is 0. The van der Waals surface area contributed by atoms with E-state index in [4.69, 9.17) is 9.47 Å². The predicted molar refractivity (Wildman–Crippen MR) is 76.7 cm³/mol. The van der Waals surface area contributed by atoms with Crippen molar-refractivity contribution in [3.8, 4) is 11.5 Å². The number of carboxylic acid groups (broad SMARTS) is 1. The van der Waals surface area contributed by atoms with Crippen LogP contribution in [0.2, 0.25) is 0 Å². The summed E-state index contributed by atoms with van der Waals surface area (Å²) in [6, 6.07) is 3.08. The lowest BCUT2D eigenvalue weighted by molar-refractivity contribution is -0.142. The van der Waals surface area contributed by atoms with Gasteiger partial charge in [0, 0.05) is 19.5 Å². The van der Waals surface area contributed by atoms with Gasteiger partial charge < -0.3 is 19.7 Å². The summed E-state index contributed by atoms with van der Waals surface area (Å²) in [5.41, 5.74) is 1.96. The van der Waals surface area contributed by atoms with Gasteiger partial charge in [0.15, 0.2) is 11.5 Å². The van der Waals surface area contributed by atoms with Crippen molar-refractivity contribution in [2.75, 3.05) is 20.8 Å². The molecule has 1 aliphatic heterocycles. The van der Waals surface area contributed by atoms with E-state index < -0.39 is 18.1 Å². The first-order chi connectivity index (χ1) is 9.96. The molecule has 2 unspecified atom stereocenters. The smallest absolute Gasteiger partial charge is 0.321 e. The van der Waals surface area contributed by atoms with Crippen LogP contribution in [0, 0.1) is 6.92 Å². The Morgan fingerprint density at radius 2 is 1.95 bits per heavy atom. The van der Waals surface area contributed by atoms with Crippen molar-refractivity contribution in [2.24, 2.45) is 0 Å². The molecule has 21 heavy (non-hydrogen) atoms. The normalized spacial score (nSPS) is 22.3. The van der Waals surface area contributed by atoms with Gasteiger partial charge in [0.1, 0.15) is 6.04 Å². The molecule has 1 heterocycles. The van der Waals surface area contributed by atoms with Crippen molar-refractivity contribution in [3.05, 3.63) is 23.3 Å². The molecule has 1 fully saturated rings. The predicted octanol–water partition coefficient (Wildman–Crippen LogP) is 1.03. The highest BCUT2D eigenvalue weighted by Gasteiger charge is 2.36. The van der Waals surface area contributed by atoms with Crippen LogP contribution in [0.5, 0.6) is 11.5 Å². The number of benzene rings is 1. The second-order valence-electron chi connectivity index (χ2n) is 5.31. The van der Waals surface area contributed by atoms with Crippen molar-refractivity contribution in [1.82, 2.24) is 4.90 Å². The van der Waals surface area contributed by atoms with Crippen LogP contribution in [0.4, 0.5) is 0 Å². The molecule has 1 aromatic carbocycles. The summed E-state index contributed by atoms with van der Waals surface area (Å²) in [4.78, 5) is 13.0. The molecular weight excluding hydrogens is 274 g/mol. The summed E-state index contributed by atoms with van der Waals surface area (Å²) in [7, 11) is 3.14. The van der Waals surface area contributed by atoms with Gasteiger partial charge in [-0.3, -0.25) is 9.69 Å². The van der Waals surface area contributed by atoms with E-state index in [-0.39, 0.29) is 6.42 Å². The van der Waals surface area contributed by atoms with Crippen LogP contribution < -0.4 is 9.47 Å². The molecule has 0 amide bonds. The lowest BCUT2D eigenvalue weighted by Gasteiger charge is -2.22. The van der Waals surface area contributed by atoms with Gasteiger partial charge in [0.05, 0.1) is 20.3 Å². The molecule has 0 saturated carbocycles. The molecule has 6 nitrogen and oxygen atoms in total. The number of nitrogens with zero attached hydrogens (tertiary/aromatic N) is 1. The molecule has 2 rings (SSSR count). The van der Waals surface area contributed by atoms with Crippen LogP contribution >= 0.6 is 0 Å². The molecule has 1 saturated heterocycles. The first-order valence-electron chi connectivity index (χ1n) is 6.82. The standard InChI is InChI=1S/C15H21NO5/c1-9-4-13(20-2)14(21-3)5-10(9)7-16-8-11(17)6-12(16)15(18)19/h4-5,11-12,17H,6-8H2,1-3H3,(H,18,19). The quantitative estimate of drug-likeness (QED) is 0.845. The third kappa shape index (κ3) is 3.28. The Morgan fingerprint density at radius 3 is 2.52 bits per heavy atom. The monoisotopic (exact) mass is 295 g/mol. The highest BCUT2D eigenvalue weighted by atomic mass is 16.5. The van der Waals surface area contributed by atoms with E-state index in [2.05, 4.69) is 0 Å². The Bertz CT molecular complexity index is 531. The van der Waals surface area contributed by atoms with E-state index in [0.29, 0.717) is 24.6 Å². The first kappa shape index (κ1) is 15.6. The summed E-state index contributed by atoms with van der Waals surface area (Å²) < 4.78 is 10.5. The minimum Gasteiger partial charge on any atom is -0.493 e. The number of ether oxygens (including phenoxy) is 2. The van der Waals surface area contributed by atoms with Gasteiger partial charge >= 0.3 is 5.97 Å². The molecule has 0 radical (unpaired) electrons. The summed E-state index contributed by atoms with van der Waals surface area (Å²) in [6.45, 7) is 2.77. The summed E-state index contributed by atoms with van der Waals surface area (Å²) in [5, 5.41) is 18.9. The number of aliphatic hydroxyl groups is 1. The third-order valence-electron chi connectivity index (χ3n) is 3.88. The van der Waals surface area contributed by atoms with Gasteiger partial charge in [-0.25, -0.2) is 0 Å². The maximum absolute atomic E-state index is 11.3. The molecule has 1 aromatic rings. The number of rotatable bonds is 5. The average molecular weight is 295 g/mol. The molecule has 2 atom stereocenters. The van der Waals surface area contributed by atoms with Gasteiger partial charge in [-0.05, 0) is 30.2 Å². The van der Waals surface area contributed by atoms with Crippen molar-refractivity contribution < 1.29 is 24.5 Å². The maximum atomic E-state index is 11.3. The molecule has 0 bridgehead atoms. The van der Waals surface area contributed by atoms with Crippen molar-refractivity contribution in [3.63, 3.8) is 0 Å². The molecule has 2 N–H and O–H groups in total. The van der Waals surface area contributed by atoms with E-state index in [1.54, 1.807) is 19.1 Å². The molecule has 0 aliphatic carbocycles. The lowest BCUT2D eigenvalue weighted by atomic mass is 10.1. The van der Waals surface area contributed by atoms with Crippen LogP contribution in [0.25, 0.3) is 0 Å². The van der Waals surface area contributed by atoms with Crippen molar-refractivity contribution >= 4 is 5.97 Å². The van der Waals surface area contributed by atoms with E-state index >= 15 is 0 Å². The molecule has 0 spiro atoms. The van der Waals surface area contributed by atoms with Crippen LogP contribution in [0.3, 0.4) is 0 Å². The van der Waals surface area contributed by atoms with Gasteiger partial charge in [-0.2, -0.15) is 0 Å². The Morgan fingerprint density at radius 1 is 1.33 bits per heavy atom. The number of β-amino-alcohol motifs (C(OH)–C–C–N with tert-alkyl or cyclic N) is 1. The number of likely N-dealkylation sites (tertiary alicyclic amines) is 1. The number of carbonyl (C=O) groups is 1. The minimum absolute atomic E-state index is 0.266. The Hall–Kier alpha value is -1.79.